The Morgan fingerprint density at radius 2 is 0.681 bits per heavy atom. The second kappa shape index (κ2) is 16.7. The van der Waals surface area contributed by atoms with Crippen LogP contribution in [0.25, 0.3) is 0 Å². The first-order valence-electron chi connectivity index (χ1n) is 21.7. The zero-order valence-corrected chi connectivity index (χ0v) is 39.9. The van der Waals surface area contributed by atoms with E-state index in [1.165, 1.54) is 151 Å². The summed E-state index contributed by atoms with van der Waals surface area (Å²) in [7, 11) is -13.9. The summed E-state index contributed by atoms with van der Waals surface area (Å²) in [5.41, 5.74) is -4.81. The van der Waals surface area contributed by atoms with Crippen LogP contribution in [0.2, 0.25) is 0 Å². The Morgan fingerprint density at radius 3 is 1.04 bits per heavy atom. The third-order valence-corrected chi connectivity index (χ3v) is 21.1. The van der Waals surface area contributed by atoms with E-state index in [9.17, 15) is 16.8 Å². The summed E-state index contributed by atoms with van der Waals surface area (Å²) in [6.07, 6.45) is -16.1. The van der Waals surface area contributed by atoms with Crippen molar-refractivity contribution in [1.29, 1.82) is 0 Å². The molecule has 72 heavy (non-hydrogen) atoms. The molecule has 1 atom stereocenters. The normalized spacial score (nSPS) is 15.7. The molecule has 2 heterocycles. The van der Waals surface area contributed by atoms with E-state index in [0.29, 0.717) is 18.2 Å². The highest BCUT2D eigenvalue weighted by Gasteiger charge is 2.49. The number of alkyl halides is 9. The zero-order chi connectivity index (χ0) is 51.5. The smallest absolute Gasteiger partial charge is 0.308 e. The van der Waals surface area contributed by atoms with Crippen LogP contribution in [-0.4, -0.2) is 24.9 Å². The molecule has 0 saturated carbocycles. The summed E-state index contributed by atoms with van der Waals surface area (Å²) < 4.78 is 210. The Bertz CT molecular complexity index is 3480. The molecule has 6 nitrogen and oxygen atoms in total. The average Bonchev–Trinajstić information content (AvgIpc) is 3.31. The number of fused-ring (bicyclic) bond motifs is 4. The minimum absolute atomic E-state index is 0.0163. The molecule has 8 aromatic carbocycles. The van der Waals surface area contributed by atoms with E-state index in [1.807, 2.05) is 0 Å². The lowest BCUT2D eigenvalue weighted by atomic mass is 10.1. The molecule has 366 valence electrons. The summed E-state index contributed by atoms with van der Waals surface area (Å²) in [5.74, 6) is -1.02. The Hall–Kier alpha value is -7.22. The lowest BCUT2D eigenvalue weighted by Crippen LogP contribution is -2.75. The fourth-order valence-corrected chi connectivity index (χ4v) is 18.2. The van der Waals surface area contributed by atoms with E-state index in [4.69, 9.17) is 0 Å². The standard InChI is InChI=1S/C53H34F10N2O4S2Si/c1-31-19-33(51(55,56)57)24-39(21-31)72(40-22-32(2)20-36(54)27-40,41-25-34(52(58,59)60)23-35(26-41)53(61,62)63)42-29-37(64-43-11-3-7-15-47(43)70(66,67)48-16-8-4-12-44(48)64)28-38(30-42)65-45-13-5-9-17-49(45)71(68,69)50-18-10-6-14-46(50)65/h3-30H,1-2H3. The molecule has 0 bridgehead atoms. The van der Waals surface area contributed by atoms with Crippen LogP contribution in [0.15, 0.2) is 189 Å². The molecule has 19 heteroatoms. The van der Waals surface area contributed by atoms with E-state index in [-0.39, 0.29) is 81.3 Å². The van der Waals surface area contributed by atoms with Crippen LogP contribution in [0.4, 0.5) is 78.0 Å². The molecule has 0 spiro atoms. The Morgan fingerprint density at radius 1 is 0.375 bits per heavy atom. The molecule has 0 saturated heterocycles. The molecule has 0 radical (unpaired) electrons. The lowest BCUT2D eigenvalue weighted by molar-refractivity contribution is -0.143. The first-order valence-corrected chi connectivity index (χ1v) is 26.7. The number of rotatable bonds is 6. The average molecular weight is 1050 g/mol. The van der Waals surface area contributed by atoms with Crippen molar-refractivity contribution in [1.82, 2.24) is 0 Å². The first-order chi connectivity index (χ1) is 33.8. The van der Waals surface area contributed by atoms with Crippen molar-refractivity contribution in [2.24, 2.45) is 0 Å². The molecule has 8 aromatic rings. The molecule has 0 N–H and O–H groups in total. The summed E-state index contributed by atoms with van der Waals surface area (Å²) in [6, 6.07) is 34.0. The van der Waals surface area contributed by atoms with E-state index >= 15 is 43.9 Å². The van der Waals surface area contributed by atoms with Crippen molar-refractivity contribution in [3.8, 4) is 0 Å². The summed E-state index contributed by atoms with van der Waals surface area (Å²) in [5, 5.41) is -1.63. The van der Waals surface area contributed by atoms with Gasteiger partial charge in [0.1, 0.15) is 5.82 Å². The second-order valence-electron chi connectivity index (χ2n) is 17.4. The number of sulfone groups is 2. The highest BCUT2D eigenvalue weighted by Crippen LogP contribution is 2.52. The molecule has 0 amide bonds. The van der Waals surface area contributed by atoms with Crippen molar-refractivity contribution in [3.05, 3.63) is 203 Å². The van der Waals surface area contributed by atoms with Gasteiger partial charge < -0.3 is 9.80 Å². The topological polar surface area (TPSA) is 74.8 Å². The van der Waals surface area contributed by atoms with Gasteiger partial charge in [0.05, 0.1) is 59.0 Å². The van der Waals surface area contributed by atoms with Crippen LogP contribution >= 0.6 is 0 Å². The third kappa shape index (κ3) is 7.84. The lowest BCUT2D eigenvalue weighted by Gasteiger charge is -2.40. The van der Waals surface area contributed by atoms with Gasteiger partial charge in [-0.1, -0.05) is 66.2 Å². The molecule has 10 rings (SSSR count). The SMILES string of the molecule is Cc1cc(F)cc([Si](c2cc(N3c4ccccc4S(=O)(=O)c4ccccc43)cc(N3c4ccccc4S(=O)(=O)c4ccccc43)c2)(c2cc(C)cc(C(F)(F)F)c2)c2cc(C(F)(F)F)cc(C(F)(F)F)c2)c1. The second-order valence-corrected chi connectivity index (χ2v) is 25.0. The predicted octanol–water partition coefficient (Wildman–Crippen LogP) is 12.1. The van der Waals surface area contributed by atoms with Gasteiger partial charge in [-0.15, -0.1) is 0 Å². The van der Waals surface area contributed by atoms with E-state index in [1.54, 1.807) is 0 Å². The van der Waals surface area contributed by atoms with Crippen LogP contribution in [0.1, 0.15) is 27.8 Å². The predicted molar refractivity (Wildman–Crippen MR) is 255 cm³/mol. The fraction of sp³-hybridized carbons (Fsp3) is 0.0943. The van der Waals surface area contributed by atoms with Crippen LogP contribution in [-0.2, 0) is 38.2 Å². The summed E-state index contributed by atoms with van der Waals surface area (Å²) in [6.45, 7) is 2.68. The maximum atomic E-state index is 16.3. The Labute approximate surface area is 406 Å². The van der Waals surface area contributed by atoms with Crippen molar-refractivity contribution in [2.75, 3.05) is 9.80 Å². The minimum atomic E-state index is -5.47. The Balaban J connectivity index is 1.47. The molecule has 0 aromatic heterocycles. The van der Waals surface area contributed by atoms with Crippen molar-refractivity contribution >= 4 is 82.6 Å². The monoisotopic (exact) mass is 1040 g/mol. The van der Waals surface area contributed by atoms with Crippen LogP contribution in [0, 0.1) is 19.7 Å². The highest BCUT2D eigenvalue weighted by molar-refractivity contribution is 7.92. The van der Waals surface area contributed by atoms with E-state index in [2.05, 4.69) is 0 Å². The van der Waals surface area contributed by atoms with Gasteiger partial charge in [-0.05, 0) is 149 Å². The van der Waals surface area contributed by atoms with Crippen molar-refractivity contribution < 1.29 is 60.7 Å². The van der Waals surface area contributed by atoms with E-state index < -0.39 is 79.2 Å². The number of aryl methyl sites for hydroxylation is 2. The van der Waals surface area contributed by atoms with Gasteiger partial charge in [-0.2, -0.15) is 39.5 Å². The van der Waals surface area contributed by atoms with Gasteiger partial charge in [0.25, 0.3) is 0 Å². The molecule has 0 fully saturated rings. The highest BCUT2D eigenvalue weighted by atomic mass is 32.2. The maximum absolute atomic E-state index is 16.3. The fourth-order valence-electron chi connectivity index (χ4n) is 9.89. The molecular formula is C53H34F10N2O4S2Si. The number of hydrogen-bond donors (Lipinski definition) is 0. The molecule has 2 aliphatic heterocycles. The number of benzene rings is 8. The van der Waals surface area contributed by atoms with Gasteiger partial charge in [0.2, 0.25) is 19.7 Å². The van der Waals surface area contributed by atoms with Gasteiger partial charge in [0, 0.05) is 11.4 Å². The van der Waals surface area contributed by atoms with Crippen molar-refractivity contribution in [3.63, 3.8) is 0 Å². The number of nitrogens with zero attached hydrogens (tertiary/aromatic N) is 2. The molecule has 2 aliphatic rings. The number of anilines is 6. The number of halogens is 10. The van der Waals surface area contributed by atoms with Gasteiger partial charge in [0.15, 0.2) is 8.07 Å². The van der Waals surface area contributed by atoms with Crippen LogP contribution < -0.4 is 30.5 Å². The van der Waals surface area contributed by atoms with E-state index in [0.717, 1.165) is 18.2 Å². The summed E-state index contributed by atoms with van der Waals surface area (Å²) in [4.78, 5) is 2.14. The molecule has 0 aliphatic carbocycles. The first kappa shape index (κ1) is 48.4. The van der Waals surface area contributed by atoms with Gasteiger partial charge >= 0.3 is 18.5 Å². The third-order valence-electron chi connectivity index (χ3n) is 12.8. The van der Waals surface area contributed by atoms with Gasteiger partial charge in [-0.3, -0.25) is 0 Å². The molecular weight excluding hydrogens is 1010 g/mol. The van der Waals surface area contributed by atoms with Crippen LogP contribution in [0.5, 0.6) is 0 Å². The number of hydrogen-bond acceptors (Lipinski definition) is 6. The summed E-state index contributed by atoms with van der Waals surface area (Å²) >= 11 is 0. The quantitative estimate of drug-likeness (QED) is 0.0938. The Kier molecular flexibility index (Phi) is 11.2. The number of para-hydroxylation sites is 4. The largest absolute Gasteiger partial charge is 0.416 e. The maximum Gasteiger partial charge on any atom is 0.416 e. The minimum Gasteiger partial charge on any atom is -0.308 e. The van der Waals surface area contributed by atoms with Crippen LogP contribution in [0.3, 0.4) is 0 Å². The zero-order valence-electron chi connectivity index (χ0n) is 37.3. The van der Waals surface area contributed by atoms with Crippen molar-refractivity contribution in [2.45, 2.75) is 52.0 Å². The van der Waals surface area contributed by atoms with Gasteiger partial charge in [-0.25, -0.2) is 21.2 Å². The molecule has 1 unspecified atom stereocenters.